The molecule has 0 saturated carbocycles. The van der Waals surface area contributed by atoms with E-state index in [2.05, 4.69) is 5.32 Å². The minimum atomic E-state index is 0. The summed E-state index contributed by atoms with van der Waals surface area (Å²) in [6.45, 7) is 2.67. The smallest absolute Gasteiger partial charge is 0.0966 e. The van der Waals surface area contributed by atoms with Crippen LogP contribution in [0, 0.1) is 0 Å². The first-order valence-corrected chi connectivity index (χ1v) is 1.78. The van der Waals surface area contributed by atoms with E-state index in [4.69, 9.17) is 4.74 Å². The number of rotatable bonds is 0. The van der Waals surface area contributed by atoms with E-state index >= 15 is 0 Å². The van der Waals surface area contributed by atoms with Crippen molar-refractivity contribution in [1.82, 2.24) is 5.32 Å². The van der Waals surface area contributed by atoms with E-state index < -0.39 is 0 Å². The minimum Gasteiger partial charge on any atom is -0.365 e. The monoisotopic (exact) mass is 136 g/mol. The molecule has 1 aliphatic heterocycles. The third-order valence-corrected chi connectivity index (χ3v) is 0.627. The third-order valence-electron chi connectivity index (χ3n) is 0.627. The van der Waals surface area contributed by atoms with Crippen LogP contribution in [0.4, 0.5) is 0 Å². The van der Waals surface area contributed by atoms with Crippen LogP contribution in [0.1, 0.15) is 0 Å². The van der Waals surface area contributed by atoms with Crippen LogP contribution in [0.15, 0.2) is 0 Å². The molecule has 6 heavy (non-hydrogen) atoms. The van der Waals surface area contributed by atoms with Gasteiger partial charge in [0.15, 0.2) is 0 Å². The fourth-order valence-corrected chi connectivity index (χ4v) is 0.361. The standard InChI is InChI=1S/C3H7NO.Cu/c1-2-5-3-4-1;/h4H,1-3H2;. The molecular formula is C3H7CuNO. The van der Waals surface area contributed by atoms with Gasteiger partial charge in [-0.3, -0.25) is 5.32 Å². The van der Waals surface area contributed by atoms with Gasteiger partial charge in [-0.25, -0.2) is 0 Å². The van der Waals surface area contributed by atoms with Gasteiger partial charge < -0.3 is 4.74 Å². The van der Waals surface area contributed by atoms with Crippen molar-refractivity contribution in [2.45, 2.75) is 0 Å². The average Bonchev–Trinajstić information content (AvgIpc) is 1.76. The molecule has 0 amide bonds. The van der Waals surface area contributed by atoms with Gasteiger partial charge in [0, 0.05) is 23.6 Å². The van der Waals surface area contributed by atoms with Crippen LogP contribution in [-0.2, 0) is 21.8 Å². The average molecular weight is 137 g/mol. The molecule has 0 spiro atoms. The van der Waals surface area contributed by atoms with Crippen LogP contribution in [-0.4, -0.2) is 19.9 Å². The molecule has 1 rings (SSSR count). The van der Waals surface area contributed by atoms with Crippen LogP contribution >= 0.6 is 0 Å². The van der Waals surface area contributed by atoms with Crippen molar-refractivity contribution in [2.75, 3.05) is 19.9 Å². The summed E-state index contributed by atoms with van der Waals surface area (Å²) in [4.78, 5) is 0. The first kappa shape index (κ1) is 6.44. The fourth-order valence-electron chi connectivity index (χ4n) is 0.361. The van der Waals surface area contributed by atoms with Gasteiger partial charge in [0.1, 0.15) is 0 Å². The predicted octanol–water partition coefficient (Wildman–Crippen LogP) is -0.439. The molecule has 0 aromatic rings. The van der Waals surface area contributed by atoms with Crippen molar-refractivity contribution in [1.29, 1.82) is 0 Å². The fraction of sp³-hybridized carbons (Fsp3) is 1.00. The van der Waals surface area contributed by atoms with Crippen molar-refractivity contribution in [2.24, 2.45) is 0 Å². The van der Waals surface area contributed by atoms with Crippen LogP contribution in [0.25, 0.3) is 0 Å². The first-order chi connectivity index (χ1) is 2.50. The Balaban J connectivity index is 0.000000250. The molecule has 0 aromatic heterocycles. The van der Waals surface area contributed by atoms with Gasteiger partial charge in [-0.1, -0.05) is 0 Å². The molecule has 0 aromatic carbocycles. The van der Waals surface area contributed by atoms with Gasteiger partial charge in [0.2, 0.25) is 0 Å². The summed E-state index contributed by atoms with van der Waals surface area (Å²) in [6, 6.07) is 0. The van der Waals surface area contributed by atoms with Gasteiger partial charge in [-0.2, -0.15) is 0 Å². The van der Waals surface area contributed by atoms with E-state index in [1.165, 1.54) is 0 Å². The molecule has 1 heterocycles. The summed E-state index contributed by atoms with van der Waals surface area (Å²) in [5, 5.41) is 3.00. The van der Waals surface area contributed by atoms with Crippen LogP contribution in [0.3, 0.4) is 0 Å². The topological polar surface area (TPSA) is 21.3 Å². The van der Waals surface area contributed by atoms with Gasteiger partial charge in [-0.15, -0.1) is 0 Å². The quantitative estimate of drug-likeness (QED) is 0.456. The van der Waals surface area contributed by atoms with Crippen LogP contribution in [0.2, 0.25) is 0 Å². The molecule has 1 N–H and O–H groups in total. The first-order valence-electron chi connectivity index (χ1n) is 1.78. The third kappa shape index (κ3) is 1.78. The number of nitrogens with one attached hydrogen (secondary N) is 1. The zero-order valence-corrected chi connectivity index (χ0v) is 4.27. The number of ether oxygens (including phenoxy) is 1. The molecule has 1 radical (unpaired) electrons. The minimum absolute atomic E-state index is 0. The molecule has 1 fully saturated rings. The molecule has 3 heteroatoms. The maximum Gasteiger partial charge on any atom is 0.0966 e. The Morgan fingerprint density at radius 3 is 2.50 bits per heavy atom. The van der Waals surface area contributed by atoms with E-state index in [0.29, 0.717) is 0 Å². The Hall–Kier alpha value is 0.439. The Kier molecular flexibility index (Phi) is 3.89. The molecule has 0 bridgehead atoms. The summed E-state index contributed by atoms with van der Waals surface area (Å²) < 4.78 is 4.83. The van der Waals surface area contributed by atoms with E-state index in [1.807, 2.05) is 0 Å². The Morgan fingerprint density at radius 2 is 2.33 bits per heavy atom. The second-order valence-corrected chi connectivity index (χ2v) is 1.05. The number of hydrogen-bond acceptors (Lipinski definition) is 2. The van der Waals surface area contributed by atoms with Crippen molar-refractivity contribution in [3.05, 3.63) is 0 Å². The SMILES string of the molecule is C1COCN1.[Cu]. The maximum absolute atomic E-state index is 4.83. The molecule has 0 aliphatic carbocycles. The second kappa shape index (κ2) is 3.62. The van der Waals surface area contributed by atoms with E-state index in [0.717, 1.165) is 19.9 Å². The van der Waals surface area contributed by atoms with Gasteiger partial charge in [0.05, 0.1) is 13.3 Å². The molecule has 0 unspecified atom stereocenters. The van der Waals surface area contributed by atoms with Gasteiger partial charge in [-0.05, 0) is 0 Å². The Bertz CT molecular complexity index is 22.4. The summed E-state index contributed by atoms with van der Waals surface area (Å²) in [7, 11) is 0. The summed E-state index contributed by atoms with van der Waals surface area (Å²) >= 11 is 0. The van der Waals surface area contributed by atoms with Crippen molar-refractivity contribution >= 4 is 0 Å². The van der Waals surface area contributed by atoms with E-state index in [1.54, 1.807) is 0 Å². The Labute approximate surface area is 47.7 Å². The summed E-state index contributed by atoms with van der Waals surface area (Å²) in [6.07, 6.45) is 0. The Morgan fingerprint density at radius 1 is 1.50 bits per heavy atom. The second-order valence-electron chi connectivity index (χ2n) is 1.05. The molecule has 1 aliphatic rings. The van der Waals surface area contributed by atoms with Crippen molar-refractivity contribution in [3.8, 4) is 0 Å². The van der Waals surface area contributed by atoms with E-state index in [-0.39, 0.29) is 17.1 Å². The molecule has 0 atom stereocenters. The van der Waals surface area contributed by atoms with Crippen LogP contribution in [0.5, 0.6) is 0 Å². The van der Waals surface area contributed by atoms with Gasteiger partial charge >= 0.3 is 0 Å². The van der Waals surface area contributed by atoms with Crippen molar-refractivity contribution in [3.63, 3.8) is 0 Å². The van der Waals surface area contributed by atoms with Crippen LogP contribution < -0.4 is 5.32 Å². The molecule has 1 saturated heterocycles. The zero-order valence-electron chi connectivity index (χ0n) is 3.33. The summed E-state index contributed by atoms with van der Waals surface area (Å²) in [5.74, 6) is 0. The zero-order chi connectivity index (χ0) is 3.54. The maximum atomic E-state index is 4.83. The van der Waals surface area contributed by atoms with E-state index in [9.17, 15) is 0 Å². The molecule has 41 valence electrons. The van der Waals surface area contributed by atoms with Crippen molar-refractivity contribution < 1.29 is 21.8 Å². The molecular weight excluding hydrogens is 130 g/mol. The van der Waals surface area contributed by atoms with Gasteiger partial charge in [0.25, 0.3) is 0 Å². The molecule has 2 nitrogen and oxygen atoms in total. The normalized spacial score (nSPS) is 20.0. The summed E-state index contributed by atoms with van der Waals surface area (Å²) in [5.41, 5.74) is 0. The predicted molar refractivity (Wildman–Crippen MR) is 18.8 cm³/mol. The largest absolute Gasteiger partial charge is 0.365 e. The number of hydrogen-bond donors (Lipinski definition) is 1.